The molecule has 0 bridgehead atoms. The Morgan fingerprint density at radius 1 is 0.789 bits per heavy atom. The van der Waals surface area contributed by atoms with Crippen molar-refractivity contribution in [1.29, 1.82) is 0 Å². The van der Waals surface area contributed by atoms with E-state index >= 15 is 0 Å². The smallest absolute Gasteiger partial charge is 0.284 e. The van der Waals surface area contributed by atoms with Crippen LogP contribution in [0.3, 0.4) is 0 Å². The summed E-state index contributed by atoms with van der Waals surface area (Å²) in [5, 5.41) is 0. The maximum absolute atomic E-state index is 11.6. The first-order valence-electron chi connectivity index (χ1n) is 6.63. The third-order valence-electron chi connectivity index (χ3n) is 4.10. The van der Waals surface area contributed by atoms with E-state index in [4.69, 9.17) is 0 Å². The fraction of sp³-hybridized carbons (Fsp3) is 0.235. The van der Waals surface area contributed by atoms with Crippen molar-refractivity contribution in [2.45, 2.75) is 27.7 Å². The van der Waals surface area contributed by atoms with E-state index < -0.39 is 0 Å². The Kier molecular flexibility index (Phi) is 3.89. The molecule has 0 radical (unpaired) electrons. The lowest BCUT2D eigenvalue weighted by Crippen LogP contribution is -2.46. The van der Waals surface area contributed by atoms with Gasteiger partial charge in [0, 0.05) is 0 Å². The number of carbonyl (C=O) groups excluding carboxylic acids is 1. The Morgan fingerprint density at radius 2 is 1.21 bits per heavy atom. The zero-order valence-electron chi connectivity index (χ0n) is 12.0. The summed E-state index contributed by atoms with van der Waals surface area (Å²) in [6, 6.07) is 12.3. The molecule has 0 amide bonds. The number of benzene rings is 2. The van der Waals surface area contributed by atoms with Gasteiger partial charge in [-0.3, -0.25) is 0 Å². The molecule has 2 aromatic rings. The third-order valence-corrected chi connectivity index (χ3v) is 4.10. The molecule has 2 heteroatoms. The standard InChI is InChI=1S/C17H19BO/c1-12-7-5-9-16(14(12)3)18(11-19)17-10-6-8-13(2)15(17)4/h5-11H,1-4H3. The van der Waals surface area contributed by atoms with Gasteiger partial charge in [0.2, 0.25) is 0 Å². The molecular weight excluding hydrogens is 231 g/mol. The number of carbonyl (C=O) groups is 1. The molecule has 1 nitrogen and oxygen atoms in total. The van der Waals surface area contributed by atoms with Crippen LogP contribution in [0.5, 0.6) is 0 Å². The van der Waals surface area contributed by atoms with Crippen LogP contribution in [0.4, 0.5) is 0 Å². The monoisotopic (exact) mass is 250 g/mol. The molecule has 96 valence electrons. The average Bonchev–Trinajstić information content (AvgIpc) is 2.40. The van der Waals surface area contributed by atoms with Crippen molar-refractivity contribution in [3.05, 3.63) is 58.7 Å². The van der Waals surface area contributed by atoms with Gasteiger partial charge in [-0.05, 0) is 38.8 Å². The molecule has 2 rings (SSSR count). The first kappa shape index (κ1) is 13.6. The fourth-order valence-electron chi connectivity index (χ4n) is 2.54. The molecule has 2 aromatic carbocycles. The van der Waals surface area contributed by atoms with Crippen LogP contribution in [-0.4, -0.2) is 12.9 Å². The predicted octanol–water partition coefficient (Wildman–Crippen LogP) is 2.30. The van der Waals surface area contributed by atoms with Crippen molar-refractivity contribution in [2.24, 2.45) is 0 Å². The minimum Gasteiger partial charge on any atom is -0.314 e. The second kappa shape index (κ2) is 5.44. The van der Waals surface area contributed by atoms with Crippen molar-refractivity contribution in [3.63, 3.8) is 0 Å². The Hall–Kier alpha value is -1.83. The van der Waals surface area contributed by atoms with Gasteiger partial charge < -0.3 is 4.79 Å². The Labute approximate surface area is 115 Å². The third kappa shape index (κ3) is 2.48. The lowest BCUT2D eigenvalue weighted by molar-refractivity contribution is 0.568. The Bertz CT molecular complexity index is 565. The molecule has 19 heavy (non-hydrogen) atoms. The first-order chi connectivity index (χ1) is 9.06. The zero-order chi connectivity index (χ0) is 14.0. The van der Waals surface area contributed by atoms with Crippen LogP contribution >= 0.6 is 0 Å². The SMILES string of the molecule is Cc1cccc(B(C=O)c2cccc(C)c2C)c1C. The highest BCUT2D eigenvalue weighted by Gasteiger charge is 2.23. The van der Waals surface area contributed by atoms with Gasteiger partial charge in [0.15, 0.2) is 0 Å². The van der Waals surface area contributed by atoms with Crippen molar-refractivity contribution in [2.75, 3.05) is 0 Å². The number of hydrogen-bond acceptors (Lipinski definition) is 1. The summed E-state index contributed by atoms with van der Waals surface area (Å²) >= 11 is 0. The molecule has 0 atom stereocenters. The minimum atomic E-state index is -0.167. The van der Waals surface area contributed by atoms with Crippen LogP contribution in [0.1, 0.15) is 22.3 Å². The highest BCUT2D eigenvalue weighted by molar-refractivity contribution is 7.04. The van der Waals surface area contributed by atoms with E-state index in [1.54, 1.807) is 0 Å². The van der Waals surface area contributed by atoms with Gasteiger partial charge in [0.25, 0.3) is 6.71 Å². The predicted molar refractivity (Wildman–Crippen MR) is 83.6 cm³/mol. The van der Waals surface area contributed by atoms with Gasteiger partial charge in [0.1, 0.15) is 0 Å². The van der Waals surface area contributed by atoms with Crippen molar-refractivity contribution in [1.82, 2.24) is 0 Å². The maximum atomic E-state index is 11.6. The van der Waals surface area contributed by atoms with Crippen LogP contribution < -0.4 is 10.9 Å². The second-order valence-electron chi connectivity index (χ2n) is 5.19. The maximum Gasteiger partial charge on any atom is 0.284 e. The topological polar surface area (TPSA) is 17.1 Å². The van der Waals surface area contributed by atoms with Crippen molar-refractivity contribution in [3.8, 4) is 0 Å². The van der Waals surface area contributed by atoms with E-state index in [1.807, 2.05) is 12.1 Å². The van der Waals surface area contributed by atoms with E-state index in [1.165, 1.54) is 22.3 Å². The van der Waals surface area contributed by atoms with Gasteiger partial charge >= 0.3 is 0 Å². The van der Waals surface area contributed by atoms with Crippen LogP contribution in [0, 0.1) is 27.7 Å². The molecule has 0 spiro atoms. The summed E-state index contributed by atoms with van der Waals surface area (Å²) in [7, 11) is 0. The molecule has 0 saturated heterocycles. The normalized spacial score (nSPS) is 10.3. The van der Waals surface area contributed by atoms with Crippen molar-refractivity contribution < 1.29 is 4.79 Å². The lowest BCUT2D eigenvalue weighted by Gasteiger charge is -2.16. The van der Waals surface area contributed by atoms with Crippen LogP contribution in [0.25, 0.3) is 0 Å². The molecule has 0 fully saturated rings. The van der Waals surface area contributed by atoms with E-state index in [0.29, 0.717) is 0 Å². The first-order valence-corrected chi connectivity index (χ1v) is 6.63. The van der Waals surface area contributed by atoms with Gasteiger partial charge in [-0.15, -0.1) is 0 Å². The van der Waals surface area contributed by atoms with E-state index in [-0.39, 0.29) is 6.71 Å². The Morgan fingerprint density at radius 3 is 1.58 bits per heavy atom. The molecule has 0 unspecified atom stereocenters. The number of rotatable bonds is 3. The number of hydrogen-bond donors (Lipinski definition) is 0. The average molecular weight is 250 g/mol. The van der Waals surface area contributed by atoms with Crippen molar-refractivity contribution >= 4 is 23.8 Å². The molecular formula is C17H19BO. The summed E-state index contributed by atoms with van der Waals surface area (Å²) in [6.07, 6.45) is 1.06. The second-order valence-corrected chi connectivity index (χ2v) is 5.19. The fourth-order valence-corrected chi connectivity index (χ4v) is 2.54. The molecule has 0 aliphatic heterocycles. The minimum absolute atomic E-state index is 0.167. The van der Waals surface area contributed by atoms with Gasteiger partial charge in [-0.25, -0.2) is 0 Å². The molecule has 0 heterocycles. The van der Waals surface area contributed by atoms with E-state index in [0.717, 1.165) is 17.1 Å². The summed E-state index contributed by atoms with van der Waals surface area (Å²) in [5.74, 6) is 0. The zero-order valence-corrected chi connectivity index (χ0v) is 12.0. The molecule has 0 aliphatic carbocycles. The summed E-state index contributed by atoms with van der Waals surface area (Å²) in [6.45, 7) is 8.19. The lowest BCUT2D eigenvalue weighted by atomic mass is 9.40. The number of aryl methyl sites for hydroxylation is 2. The summed E-state index contributed by atoms with van der Waals surface area (Å²) < 4.78 is 0. The highest BCUT2D eigenvalue weighted by atomic mass is 16.1. The van der Waals surface area contributed by atoms with Gasteiger partial charge in [0.05, 0.1) is 6.19 Å². The highest BCUT2D eigenvalue weighted by Crippen LogP contribution is 2.07. The summed E-state index contributed by atoms with van der Waals surface area (Å²) in [4.78, 5) is 11.6. The Balaban J connectivity index is 2.60. The molecule has 0 aliphatic rings. The van der Waals surface area contributed by atoms with Gasteiger partial charge in [-0.2, -0.15) is 0 Å². The largest absolute Gasteiger partial charge is 0.314 e. The van der Waals surface area contributed by atoms with Gasteiger partial charge in [-0.1, -0.05) is 58.5 Å². The molecule has 0 saturated carbocycles. The van der Waals surface area contributed by atoms with E-state index in [9.17, 15) is 4.79 Å². The van der Waals surface area contributed by atoms with E-state index in [2.05, 4.69) is 52.0 Å². The van der Waals surface area contributed by atoms with Crippen LogP contribution in [0.2, 0.25) is 0 Å². The van der Waals surface area contributed by atoms with Crippen LogP contribution in [0.15, 0.2) is 36.4 Å². The molecule has 0 N–H and O–H groups in total. The quantitative estimate of drug-likeness (QED) is 0.603. The molecule has 0 aromatic heterocycles. The van der Waals surface area contributed by atoms with Crippen LogP contribution in [-0.2, 0) is 4.79 Å². The summed E-state index contributed by atoms with van der Waals surface area (Å²) in [5.41, 5.74) is 7.11.